The fourth-order valence-electron chi connectivity index (χ4n) is 1.04. The molecule has 0 saturated carbocycles. The van der Waals surface area contributed by atoms with Crippen LogP contribution in [-0.4, -0.2) is 24.3 Å². The van der Waals surface area contributed by atoms with Gasteiger partial charge in [0, 0.05) is 20.3 Å². The second-order valence-corrected chi connectivity index (χ2v) is 2.69. The summed E-state index contributed by atoms with van der Waals surface area (Å²) in [4.78, 5) is 4.16. The molecule has 2 aromatic heterocycles. The van der Waals surface area contributed by atoms with Crippen molar-refractivity contribution in [1.82, 2.24) is 24.3 Å². The molecule has 0 aliphatic rings. The second-order valence-electron chi connectivity index (χ2n) is 2.69. The molecule has 0 fully saturated rings. The Bertz CT molecular complexity index is 386. The minimum absolute atomic E-state index is 0.788. The van der Waals surface area contributed by atoms with Gasteiger partial charge in [0.2, 0.25) is 0 Å². The van der Waals surface area contributed by atoms with Gasteiger partial charge in [-0.3, -0.25) is 0 Å². The molecule has 0 N–H and O–H groups in total. The lowest BCUT2D eigenvalue weighted by Crippen LogP contribution is -1.90. The smallest absolute Gasteiger partial charge is 0.183 e. The van der Waals surface area contributed by atoms with Crippen LogP contribution >= 0.6 is 0 Å². The fourth-order valence-corrected chi connectivity index (χ4v) is 1.04. The van der Waals surface area contributed by atoms with Gasteiger partial charge in [0.05, 0.1) is 6.33 Å². The number of imidazole rings is 1. The van der Waals surface area contributed by atoms with Crippen molar-refractivity contribution in [3.05, 3.63) is 18.9 Å². The number of nitrogens with zero attached hydrogens (tertiary/aromatic N) is 5. The summed E-state index contributed by atoms with van der Waals surface area (Å²) >= 11 is 0. The number of aromatic nitrogens is 5. The molecule has 62 valence electrons. The van der Waals surface area contributed by atoms with Crippen molar-refractivity contribution in [2.24, 2.45) is 14.1 Å². The van der Waals surface area contributed by atoms with E-state index in [1.165, 1.54) is 0 Å². The summed E-state index contributed by atoms with van der Waals surface area (Å²) in [5.74, 6) is 0.788. The Kier molecular flexibility index (Phi) is 1.43. The molecule has 12 heavy (non-hydrogen) atoms. The molecule has 0 unspecified atom stereocenters. The average molecular weight is 163 g/mol. The monoisotopic (exact) mass is 163 g/mol. The molecule has 2 heterocycles. The average Bonchev–Trinajstić information content (AvgIpc) is 2.58. The van der Waals surface area contributed by atoms with Crippen molar-refractivity contribution in [2.75, 3.05) is 0 Å². The van der Waals surface area contributed by atoms with Crippen LogP contribution in [-0.2, 0) is 14.1 Å². The van der Waals surface area contributed by atoms with Gasteiger partial charge in [-0.25, -0.2) is 4.98 Å². The van der Waals surface area contributed by atoms with Gasteiger partial charge in [-0.05, 0) is 0 Å². The van der Waals surface area contributed by atoms with Gasteiger partial charge in [0.1, 0.15) is 12.0 Å². The third-order valence-corrected chi connectivity index (χ3v) is 1.65. The molecule has 5 nitrogen and oxygen atoms in total. The van der Waals surface area contributed by atoms with Gasteiger partial charge in [0.25, 0.3) is 0 Å². The summed E-state index contributed by atoms with van der Waals surface area (Å²) < 4.78 is 3.71. The highest BCUT2D eigenvalue weighted by Crippen LogP contribution is 2.10. The van der Waals surface area contributed by atoms with Crippen LogP contribution in [0.25, 0.3) is 11.5 Å². The first-order chi connectivity index (χ1) is 5.77. The molecule has 0 saturated heterocycles. The van der Waals surface area contributed by atoms with Gasteiger partial charge in [0.15, 0.2) is 5.82 Å². The molecule has 0 atom stereocenters. The first-order valence-electron chi connectivity index (χ1n) is 3.59. The highest BCUT2D eigenvalue weighted by Gasteiger charge is 2.05. The van der Waals surface area contributed by atoms with Crippen LogP contribution in [0.15, 0.2) is 18.9 Å². The molecule has 0 aromatic carbocycles. The minimum Gasteiger partial charge on any atom is -0.340 e. The highest BCUT2D eigenvalue weighted by atomic mass is 15.3. The molecular formula is C7H9N5. The maximum absolute atomic E-state index is 4.16. The Hall–Kier alpha value is -1.65. The van der Waals surface area contributed by atoms with Crippen LogP contribution in [0.2, 0.25) is 0 Å². The van der Waals surface area contributed by atoms with E-state index in [0.717, 1.165) is 11.5 Å². The van der Waals surface area contributed by atoms with Crippen LogP contribution in [0.3, 0.4) is 0 Å². The number of rotatable bonds is 1. The maximum atomic E-state index is 4.16. The van der Waals surface area contributed by atoms with Crippen molar-refractivity contribution in [2.45, 2.75) is 0 Å². The lowest BCUT2D eigenvalue weighted by atomic mass is 10.4. The normalized spacial score (nSPS) is 10.5. The van der Waals surface area contributed by atoms with E-state index in [9.17, 15) is 0 Å². The predicted molar refractivity (Wildman–Crippen MR) is 43.2 cm³/mol. The third kappa shape index (κ3) is 0.990. The van der Waals surface area contributed by atoms with Crippen molar-refractivity contribution < 1.29 is 0 Å². The summed E-state index contributed by atoms with van der Waals surface area (Å²) in [5.41, 5.74) is 0.845. The van der Waals surface area contributed by atoms with E-state index >= 15 is 0 Å². The molecule has 0 bridgehead atoms. The molecular weight excluding hydrogens is 154 g/mol. The highest BCUT2D eigenvalue weighted by molar-refractivity contribution is 5.46. The number of aryl methyl sites for hydroxylation is 2. The molecule has 0 amide bonds. The Morgan fingerprint density at radius 1 is 1.25 bits per heavy atom. The number of hydrogen-bond donors (Lipinski definition) is 0. The maximum Gasteiger partial charge on any atom is 0.183 e. The summed E-state index contributed by atoms with van der Waals surface area (Å²) in [6.07, 6.45) is 5.30. The van der Waals surface area contributed by atoms with Crippen LogP contribution in [0, 0.1) is 0 Å². The molecule has 0 aliphatic carbocycles. The Morgan fingerprint density at radius 3 is 2.58 bits per heavy atom. The van der Waals surface area contributed by atoms with E-state index in [4.69, 9.17) is 0 Å². The molecule has 2 rings (SSSR count). The van der Waals surface area contributed by atoms with Gasteiger partial charge in [-0.15, -0.1) is 10.2 Å². The molecule has 0 radical (unpaired) electrons. The fraction of sp³-hybridized carbons (Fsp3) is 0.286. The van der Waals surface area contributed by atoms with E-state index in [2.05, 4.69) is 15.2 Å². The van der Waals surface area contributed by atoms with E-state index in [0.29, 0.717) is 0 Å². The van der Waals surface area contributed by atoms with Crippen LogP contribution in [0.4, 0.5) is 0 Å². The molecule has 0 aliphatic heterocycles. The van der Waals surface area contributed by atoms with Gasteiger partial charge >= 0.3 is 0 Å². The van der Waals surface area contributed by atoms with Gasteiger partial charge in [-0.1, -0.05) is 0 Å². The van der Waals surface area contributed by atoms with E-state index in [1.54, 1.807) is 12.7 Å². The predicted octanol–water partition coefficient (Wildman–Crippen LogP) is 0.216. The SMILES string of the molecule is Cn1cnc(-c2nncn2C)c1. The first kappa shape index (κ1) is 7.02. The summed E-state index contributed by atoms with van der Waals surface area (Å²) in [5, 5.41) is 7.71. The largest absolute Gasteiger partial charge is 0.340 e. The first-order valence-corrected chi connectivity index (χ1v) is 3.59. The zero-order valence-corrected chi connectivity index (χ0v) is 6.97. The molecule has 5 heteroatoms. The van der Waals surface area contributed by atoms with Crippen LogP contribution in [0.5, 0.6) is 0 Å². The van der Waals surface area contributed by atoms with E-state index < -0.39 is 0 Å². The van der Waals surface area contributed by atoms with Crippen molar-refractivity contribution in [1.29, 1.82) is 0 Å². The van der Waals surface area contributed by atoms with Crippen LogP contribution < -0.4 is 0 Å². The Morgan fingerprint density at radius 2 is 2.08 bits per heavy atom. The zero-order chi connectivity index (χ0) is 8.55. The number of hydrogen-bond acceptors (Lipinski definition) is 3. The zero-order valence-electron chi connectivity index (χ0n) is 6.97. The third-order valence-electron chi connectivity index (χ3n) is 1.65. The minimum atomic E-state index is 0.788. The Balaban J connectivity index is 2.50. The van der Waals surface area contributed by atoms with Crippen molar-refractivity contribution >= 4 is 0 Å². The molecule has 0 spiro atoms. The molecule has 2 aromatic rings. The topological polar surface area (TPSA) is 48.5 Å². The quantitative estimate of drug-likeness (QED) is 0.604. The van der Waals surface area contributed by atoms with Gasteiger partial charge in [-0.2, -0.15) is 0 Å². The second kappa shape index (κ2) is 2.44. The summed E-state index contributed by atoms with van der Waals surface area (Å²) in [7, 11) is 3.82. The van der Waals surface area contributed by atoms with Crippen molar-refractivity contribution in [3.63, 3.8) is 0 Å². The van der Waals surface area contributed by atoms with Crippen molar-refractivity contribution in [3.8, 4) is 11.5 Å². The van der Waals surface area contributed by atoms with E-state index in [-0.39, 0.29) is 0 Å². The summed E-state index contributed by atoms with van der Waals surface area (Å²) in [6, 6.07) is 0. The lowest BCUT2D eigenvalue weighted by Gasteiger charge is -1.92. The van der Waals surface area contributed by atoms with Crippen LogP contribution in [0.1, 0.15) is 0 Å². The Labute approximate surface area is 69.7 Å². The van der Waals surface area contributed by atoms with Gasteiger partial charge < -0.3 is 9.13 Å². The van der Waals surface area contributed by atoms with E-state index in [1.807, 2.05) is 29.4 Å². The lowest BCUT2D eigenvalue weighted by molar-refractivity contribution is 0.909. The standard InChI is InChI=1S/C7H9N5/c1-11-3-6(8-4-11)7-10-9-5-12(7)2/h3-5H,1-2H3. The summed E-state index contributed by atoms with van der Waals surface area (Å²) in [6.45, 7) is 0.